The van der Waals surface area contributed by atoms with E-state index in [0.717, 1.165) is 25.9 Å². The number of amides is 2. The zero-order valence-corrected chi connectivity index (χ0v) is 13.4. The van der Waals surface area contributed by atoms with Crippen molar-refractivity contribution in [3.05, 3.63) is 29.8 Å². The second kappa shape index (κ2) is 7.94. The van der Waals surface area contributed by atoms with Gasteiger partial charge in [-0.3, -0.25) is 9.59 Å². The maximum Gasteiger partial charge on any atom is 0.253 e. The van der Waals surface area contributed by atoms with Crippen molar-refractivity contribution in [3.63, 3.8) is 0 Å². The molecule has 2 rings (SSSR count). The summed E-state index contributed by atoms with van der Waals surface area (Å²) in [5, 5.41) is 5.86. The number of hydrogen-bond donors (Lipinski definition) is 2. The first-order valence-corrected chi connectivity index (χ1v) is 7.96. The van der Waals surface area contributed by atoms with Gasteiger partial charge in [0.15, 0.2) is 0 Å². The summed E-state index contributed by atoms with van der Waals surface area (Å²) in [7, 11) is 1.82. The SMILES string of the molecule is CNCC(C)C(=O)Nc1cccc(C(=O)N2CCCCC2)c1. The highest BCUT2D eigenvalue weighted by molar-refractivity contribution is 5.97. The fourth-order valence-corrected chi connectivity index (χ4v) is 2.67. The Bertz CT molecular complexity index is 524. The summed E-state index contributed by atoms with van der Waals surface area (Å²) < 4.78 is 0. The van der Waals surface area contributed by atoms with E-state index in [9.17, 15) is 9.59 Å². The standard InChI is InChI=1S/C17H25N3O2/c1-13(12-18-2)16(21)19-15-8-6-7-14(11-15)17(22)20-9-4-3-5-10-20/h6-8,11,13,18H,3-5,9-10,12H2,1-2H3,(H,19,21). The number of piperidine rings is 1. The summed E-state index contributed by atoms with van der Waals surface area (Å²) in [6, 6.07) is 7.21. The lowest BCUT2D eigenvalue weighted by Crippen LogP contribution is -2.35. The molecule has 1 aliphatic rings. The molecular weight excluding hydrogens is 278 g/mol. The Balaban J connectivity index is 2.03. The van der Waals surface area contributed by atoms with Gasteiger partial charge in [0.05, 0.1) is 0 Å². The molecular formula is C17H25N3O2. The summed E-state index contributed by atoms with van der Waals surface area (Å²) in [4.78, 5) is 26.4. The Hall–Kier alpha value is -1.88. The third-order valence-electron chi connectivity index (χ3n) is 3.98. The van der Waals surface area contributed by atoms with Crippen molar-refractivity contribution in [1.29, 1.82) is 0 Å². The number of carbonyl (C=O) groups is 2. The van der Waals surface area contributed by atoms with Crippen LogP contribution in [0.3, 0.4) is 0 Å². The zero-order valence-electron chi connectivity index (χ0n) is 13.4. The molecule has 0 aliphatic carbocycles. The van der Waals surface area contributed by atoms with E-state index in [4.69, 9.17) is 0 Å². The van der Waals surface area contributed by atoms with Gasteiger partial charge in [-0.25, -0.2) is 0 Å². The number of nitrogens with one attached hydrogen (secondary N) is 2. The van der Waals surface area contributed by atoms with Gasteiger partial charge in [-0.15, -0.1) is 0 Å². The molecule has 5 heteroatoms. The Morgan fingerprint density at radius 1 is 1.23 bits per heavy atom. The molecule has 2 N–H and O–H groups in total. The average molecular weight is 303 g/mol. The number of nitrogens with zero attached hydrogens (tertiary/aromatic N) is 1. The largest absolute Gasteiger partial charge is 0.339 e. The molecule has 1 heterocycles. The van der Waals surface area contributed by atoms with Gasteiger partial charge in [-0.1, -0.05) is 13.0 Å². The van der Waals surface area contributed by atoms with Crippen LogP contribution in [0.4, 0.5) is 5.69 Å². The normalized spacial score (nSPS) is 16.2. The van der Waals surface area contributed by atoms with Crippen LogP contribution in [0.1, 0.15) is 36.5 Å². The van der Waals surface area contributed by atoms with Crippen LogP contribution in [-0.2, 0) is 4.79 Å². The van der Waals surface area contributed by atoms with Crippen molar-refractivity contribution < 1.29 is 9.59 Å². The van der Waals surface area contributed by atoms with Crippen molar-refractivity contribution in [1.82, 2.24) is 10.2 Å². The molecule has 0 bridgehead atoms. The van der Waals surface area contributed by atoms with E-state index in [1.165, 1.54) is 6.42 Å². The van der Waals surface area contributed by atoms with Gasteiger partial charge in [-0.2, -0.15) is 0 Å². The first kappa shape index (κ1) is 16.5. The van der Waals surface area contributed by atoms with Crippen molar-refractivity contribution >= 4 is 17.5 Å². The number of carbonyl (C=O) groups excluding carboxylic acids is 2. The number of benzene rings is 1. The minimum absolute atomic E-state index is 0.0445. The van der Waals surface area contributed by atoms with Crippen molar-refractivity contribution in [2.45, 2.75) is 26.2 Å². The fraction of sp³-hybridized carbons (Fsp3) is 0.529. The minimum Gasteiger partial charge on any atom is -0.339 e. The van der Waals surface area contributed by atoms with Gasteiger partial charge in [0.1, 0.15) is 0 Å². The predicted molar refractivity (Wildman–Crippen MR) is 87.9 cm³/mol. The third-order valence-corrected chi connectivity index (χ3v) is 3.98. The van der Waals surface area contributed by atoms with Crippen molar-refractivity contribution in [2.75, 3.05) is 32.0 Å². The van der Waals surface area contributed by atoms with Crippen LogP contribution >= 0.6 is 0 Å². The fourth-order valence-electron chi connectivity index (χ4n) is 2.67. The van der Waals surface area contributed by atoms with Gasteiger partial charge < -0.3 is 15.5 Å². The number of hydrogen-bond acceptors (Lipinski definition) is 3. The van der Waals surface area contributed by atoms with Crippen LogP contribution in [0.2, 0.25) is 0 Å². The first-order chi connectivity index (χ1) is 10.6. The molecule has 1 unspecified atom stereocenters. The first-order valence-electron chi connectivity index (χ1n) is 7.96. The van der Waals surface area contributed by atoms with E-state index in [1.807, 2.05) is 37.1 Å². The molecule has 1 aromatic rings. The molecule has 0 radical (unpaired) electrons. The third kappa shape index (κ3) is 4.31. The minimum atomic E-state index is -0.119. The van der Waals surface area contributed by atoms with Gasteiger partial charge in [0.25, 0.3) is 5.91 Å². The quantitative estimate of drug-likeness (QED) is 0.876. The van der Waals surface area contributed by atoms with Gasteiger partial charge in [-0.05, 0) is 44.5 Å². The van der Waals surface area contributed by atoms with Crippen molar-refractivity contribution in [2.24, 2.45) is 5.92 Å². The number of likely N-dealkylation sites (tertiary alicyclic amines) is 1. The maximum absolute atomic E-state index is 12.5. The molecule has 1 atom stereocenters. The van der Waals surface area contributed by atoms with Crippen molar-refractivity contribution in [3.8, 4) is 0 Å². The monoisotopic (exact) mass is 303 g/mol. The highest BCUT2D eigenvalue weighted by atomic mass is 16.2. The van der Waals surface area contributed by atoms with Crippen LogP contribution in [-0.4, -0.2) is 43.4 Å². The molecule has 1 saturated heterocycles. The summed E-state index contributed by atoms with van der Waals surface area (Å²) >= 11 is 0. The van der Waals surface area contributed by atoms with E-state index < -0.39 is 0 Å². The molecule has 2 amide bonds. The summed E-state index contributed by atoms with van der Waals surface area (Å²) in [6.45, 7) is 4.15. The van der Waals surface area contributed by atoms with Crippen LogP contribution < -0.4 is 10.6 Å². The summed E-state index contributed by atoms with van der Waals surface area (Å²) in [5.74, 6) is -0.109. The average Bonchev–Trinajstić information content (AvgIpc) is 2.55. The number of anilines is 1. The smallest absolute Gasteiger partial charge is 0.253 e. The Kier molecular flexibility index (Phi) is 5.95. The van der Waals surface area contributed by atoms with E-state index in [-0.39, 0.29) is 17.7 Å². The maximum atomic E-state index is 12.5. The van der Waals surface area contributed by atoms with Crippen LogP contribution in [0.5, 0.6) is 0 Å². The Labute approximate surface area is 132 Å². The molecule has 0 spiro atoms. The summed E-state index contributed by atoms with van der Waals surface area (Å²) in [6.07, 6.45) is 3.34. The van der Waals surface area contributed by atoms with Crippen LogP contribution in [0.25, 0.3) is 0 Å². The van der Waals surface area contributed by atoms with E-state index in [1.54, 1.807) is 6.07 Å². The van der Waals surface area contributed by atoms with E-state index in [2.05, 4.69) is 10.6 Å². The molecule has 0 aromatic heterocycles. The highest BCUT2D eigenvalue weighted by Crippen LogP contribution is 2.17. The second-order valence-electron chi connectivity index (χ2n) is 5.88. The predicted octanol–water partition coefficient (Wildman–Crippen LogP) is 2.11. The highest BCUT2D eigenvalue weighted by Gasteiger charge is 2.19. The van der Waals surface area contributed by atoms with E-state index >= 15 is 0 Å². The molecule has 22 heavy (non-hydrogen) atoms. The van der Waals surface area contributed by atoms with Crippen LogP contribution in [0, 0.1) is 5.92 Å². The number of rotatable bonds is 5. The van der Waals surface area contributed by atoms with E-state index in [0.29, 0.717) is 17.8 Å². The topological polar surface area (TPSA) is 61.4 Å². The molecule has 120 valence electrons. The lowest BCUT2D eigenvalue weighted by molar-refractivity contribution is -0.119. The van der Waals surface area contributed by atoms with Gasteiger partial charge in [0.2, 0.25) is 5.91 Å². The van der Waals surface area contributed by atoms with Gasteiger partial charge in [0, 0.05) is 36.8 Å². The molecule has 5 nitrogen and oxygen atoms in total. The van der Waals surface area contributed by atoms with Crippen LogP contribution in [0.15, 0.2) is 24.3 Å². The lowest BCUT2D eigenvalue weighted by atomic mass is 10.1. The van der Waals surface area contributed by atoms with Gasteiger partial charge >= 0.3 is 0 Å². The second-order valence-corrected chi connectivity index (χ2v) is 5.88. The Morgan fingerprint density at radius 3 is 2.64 bits per heavy atom. The Morgan fingerprint density at radius 2 is 1.95 bits per heavy atom. The molecule has 0 saturated carbocycles. The molecule has 1 fully saturated rings. The summed E-state index contributed by atoms with van der Waals surface area (Å²) in [5.41, 5.74) is 1.32. The zero-order chi connectivity index (χ0) is 15.9. The lowest BCUT2D eigenvalue weighted by Gasteiger charge is -2.26. The molecule has 1 aliphatic heterocycles. The molecule has 1 aromatic carbocycles.